The molecule has 0 saturated carbocycles. The van der Waals surface area contributed by atoms with Crippen LogP contribution in [0.5, 0.6) is 11.5 Å². The highest BCUT2D eigenvalue weighted by Crippen LogP contribution is 2.36. The molecule has 8 nitrogen and oxygen atoms in total. The molecular formula is C27H29N3O5. The number of amides is 2. The SMILES string of the molecule is Cc1c(C(=O)NNC(=O)COc2ccc(OCc3ccccc3)cc2)[nH]c2c1C(=O)CC(C)(C)C2. The van der Waals surface area contributed by atoms with Gasteiger partial charge in [-0.3, -0.25) is 25.2 Å². The maximum Gasteiger partial charge on any atom is 0.286 e. The zero-order valence-electron chi connectivity index (χ0n) is 20.1. The van der Waals surface area contributed by atoms with E-state index in [2.05, 4.69) is 15.8 Å². The number of hydrogen-bond donors (Lipinski definition) is 3. The van der Waals surface area contributed by atoms with E-state index in [1.165, 1.54) is 0 Å². The fourth-order valence-corrected chi connectivity index (χ4v) is 4.21. The van der Waals surface area contributed by atoms with Gasteiger partial charge in [0.2, 0.25) is 0 Å². The number of benzene rings is 2. The summed E-state index contributed by atoms with van der Waals surface area (Å²) in [5.74, 6) is 0.166. The van der Waals surface area contributed by atoms with Crippen molar-refractivity contribution < 1.29 is 23.9 Å². The molecule has 0 atom stereocenters. The number of carbonyl (C=O) groups is 3. The largest absolute Gasteiger partial charge is 0.489 e. The number of aromatic amines is 1. The summed E-state index contributed by atoms with van der Waals surface area (Å²) in [6.45, 7) is 5.96. The average Bonchev–Trinajstić information content (AvgIpc) is 3.16. The van der Waals surface area contributed by atoms with Gasteiger partial charge in [0.1, 0.15) is 23.8 Å². The van der Waals surface area contributed by atoms with Gasteiger partial charge in [0.15, 0.2) is 12.4 Å². The third-order valence-electron chi connectivity index (χ3n) is 5.89. The number of nitrogens with one attached hydrogen (secondary N) is 3. The van der Waals surface area contributed by atoms with Gasteiger partial charge in [-0.15, -0.1) is 0 Å². The van der Waals surface area contributed by atoms with Crippen molar-refractivity contribution in [2.75, 3.05) is 6.61 Å². The van der Waals surface area contributed by atoms with Gasteiger partial charge in [-0.05, 0) is 54.2 Å². The van der Waals surface area contributed by atoms with Crippen LogP contribution in [0.1, 0.15) is 57.9 Å². The number of hydrogen-bond acceptors (Lipinski definition) is 5. The number of rotatable bonds is 7. The van der Waals surface area contributed by atoms with Crippen LogP contribution in [0.25, 0.3) is 0 Å². The number of ether oxygens (including phenoxy) is 2. The maximum absolute atomic E-state index is 12.6. The van der Waals surface area contributed by atoms with Gasteiger partial charge < -0.3 is 14.5 Å². The van der Waals surface area contributed by atoms with E-state index in [-0.39, 0.29) is 23.5 Å². The van der Waals surface area contributed by atoms with E-state index in [0.29, 0.717) is 42.1 Å². The molecule has 3 aromatic rings. The number of carbonyl (C=O) groups excluding carboxylic acids is 3. The molecule has 0 spiro atoms. The first-order chi connectivity index (χ1) is 16.7. The molecule has 0 fully saturated rings. The molecule has 2 aromatic carbocycles. The van der Waals surface area contributed by atoms with Crippen molar-refractivity contribution in [3.05, 3.63) is 82.7 Å². The first-order valence-corrected chi connectivity index (χ1v) is 11.5. The minimum atomic E-state index is -0.520. The van der Waals surface area contributed by atoms with E-state index in [1.54, 1.807) is 31.2 Å². The zero-order chi connectivity index (χ0) is 25.0. The molecule has 1 aliphatic rings. The van der Waals surface area contributed by atoms with Crippen molar-refractivity contribution in [3.8, 4) is 11.5 Å². The van der Waals surface area contributed by atoms with E-state index in [0.717, 1.165) is 11.3 Å². The Bertz CT molecular complexity index is 1230. The van der Waals surface area contributed by atoms with Gasteiger partial charge in [-0.1, -0.05) is 44.2 Å². The standard InChI is InChI=1S/C27H29N3O5/c1-17-24-21(13-27(2,3)14-22(24)31)28-25(17)26(33)30-29-23(32)16-35-20-11-9-19(10-12-20)34-15-18-7-5-4-6-8-18/h4-12,28H,13-16H2,1-3H3,(H,29,32)(H,30,33). The smallest absolute Gasteiger partial charge is 0.286 e. The van der Waals surface area contributed by atoms with E-state index in [4.69, 9.17) is 9.47 Å². The van der Waals surface area contributed by atoms with E-state index in [1.807, 2.05) is 44.2 Å². The molecule has 1 heterocycles. The number of aromatic nitrogens is 1. The number of ketones is 1. The van der Waals surface area contributed by atoms with Crippen LogP contribution < -0.4 is 20.3 Å². The van der Waals surface area contributed by atoms with Crippen LogP contribution in [0.15, 0.2) is 54.6 Å². The normalized spacial score (nSPS) is 14.1. The van der Waals surface area contributed by atoms with Crippen LogP contribution >= 0.6 is 0 Å². The third-order valence-corrected chi connectivity index (χ3v) is 5.89. The van der Waals surface area contributed by atoms with Crippen LogP contribution in [0.4, 0.5) is 0 Å². The second kappa shape index (κ2) is 10.0. The average molecular weight is 476 g/mol. The monoisotopic (exact) mass is 475 g/mol. The highest BCUT2D eigenvalue weighted by Gasteiger charge is 2.35. The predicted molar refractivity (Wildman–Crippen MR) is 130 cm³/mol. The van der Waals surface area contributed by atoms with Crippen LogP contribution in [-0.2, 0) is 17.8 Å². The number of hydrazine groups is 1. The minimum absolute atomic E-state index is 0.0259. The maximum atomic E-state index is 12.6. The molecule has 4 rings (SSSR count). The lowest BCUT2D eigenvalue weighted by Gasteiger charge is -2.28. The molecule has 0 unspecified atom stereocenters. The molecule has 3 N–H and O–H groups in total. The van der Waals surface area contributed by atoms with Crippen molar-refractivity contribution in [2.24, 2.45) is 5.41 Å². The van der Waals surface area contributed by atoms with Gasteiger partial charge in [0.05, 0.1) is 0 Å². The van der Waals surface area contributed by atoms with Crippen molar-refractivity contribution in [1.82, 2.24) is 15.8 Å². The van der Waals surface area contributed by atoms with Crippen molar-refractivity contribution in [2.45, 2.75) is 40.2 Å². The summed E-state index contributed by atoms with van der Waals surface area (Å²) in [5, 5.41) is 0. The van der Waals surface area contributed by atoms with Crippen molar-refractivity contribution >= 4 is 17.6 Å². The van der Waals surface area contributed by atoms with E-state index in [9.17, 15) is 14.4 Å². The second-order valence-corrected chi connectivity index (χ2v) is 9.46. The number of fused-ring (bicyclic) bond motifs is 1. The summed E-state index contributed by atoms with van der Waals surface area (Å²) in [5.41, 5.74) is 7.84. The molecule has 0 aliphatic heterocycles. The van der Waals surface area contributed by atoms with Crippen LogP contribution in [0.2, 0.25) is 0 Å². The molecular weight excluding hydrogens is 446 g/mol. The number of Topliss-reactive ketones (excluding diaryl/α,β-unsaturated/α-hetero) is 1. The second-order valence-electron chi connectivity index (χ2n) is 9.46. The topological polar surface area (TPSA) is 110 Å². The predicted octanol–water partition coefficient (Wildman–Crippen LogP) is 3.90. The minimum Gasteiger partial charge on any atom is -0.489 e. The molecule has 0 radical (unpaired) electrons. The lowest BCUT2D eigenvalue weighted by molar-refractivity contribution is -0.123. The van der Waals surface area contributed by atoms with E-state index >= 15 is 0 Å². The summed E-state index contributed by atoms with van der Waals surface area (Å²) in [7, 11) is 0. The van der Waals surface area contributed by atoms with Crippen LogP contribution in [0.3, 0.4) is 0 Å². The molecule has 8 heteroatoms. The molecule has 1 aromatic heterocycles. The Balaban J connectivity index is 1.25. The fourth-order valence-electron chi connectivity index (χ4n) is 4.21. The third kappa shape index (κ3) is 5.90. The van der Waals surface area contributed by atoms with Gasteiger partial charge in [0, 0.05) is 17.7 Å². The molecule has 35 heavy (non-hydrogen) atoms. The summed E-state index contributed by atoms with van der Waals surface area (Å²) < 4.78 is 11.2. The van der Waals surface area contributed by atoms with Gasteiger partial charge in [0.25, 0.3) is 11.8 Å². The first-order valence-electron chi connectivity index (χ1n) is 11.5. The zero-order valence-corrected chi connectivity index (χ0v) is 20.1. The Hall–Kier alpha value is -4.07. The van der Waals surface area contributed by atoms with Crippen molar-refractivity contribution in [1.29, 1.82) is 0 Å². The molecule has 0 saturated heterocycles. The van der Waals surface area contributed by atoms with Gasteiger partial charge >= 0.3 is 0 Å². The Kier molecular flexibility index (Phi) is 6.91. The highest BCUT2D eigenvalue weighted by molar-refractivity contribution is 6.04. The van der Waals surface area contributed by atoms with Crippen LogP contribution in [0, 0.1) is 12.3 Å². The quantitative estimate of drug-likeness (QED) is 0.449. The Labute approximate surface area is 204 Å². The summed E-state index contributed by atoms with van der Waals surface area (Å²) in [6, 6.07) is 16.8. The summed E-state index contributed by atoms with van der Waals surface area (Å²) >= 11 is 0. The lowest BCUT2D eigenvalue weighted by atomic mass is 9.75. The van der Waals surface area contributed by atoms with E-state index < -0.39 is 11.8 Å². The number of H-pyrrole nitrogens is 1. The van der Waals surface area contributed by atoms with Gasteiger partial charge in [-0.25, -0.2) is 0 Å². The Morgan fingerprint density at radius 2 is 1.60 bits per heavy atom. The van der Waals surface area contributed by atoms with Crippen molar-refractivity contribution in [3.63, 3.8) is 0 Å². The summed E-state index contributed by atoms with van der Waals surface area (Å²) in [6.07, 6.45) is 1.12. The van der Waals surface area contributed by atoms with Crippen LogP contribution in [-0.4, -0.2) is 29.2 Å². The fraction of sp³-hybridized carbons (Fsp3) is 0.296. The first kappa shape index (κ1) is 24.1. The molecule has 2 amide bonds. The highest BCUT2D eigenvalue weighted by atomic mass is 16.5. The summed E-state index contributed by atoms with van der Waals surface area (Å²) in [4.78, 5) is 40.4. The Morgan fingerprint density at radius 3 is 2.29 bits per heavy atom. The lowest BCUT2D eigenvalue weighted by Crippen LogP contribution is -2.44. The molecule has 1 aliphatic carbocycles. The Morgan fingerprint density at radius 1 is 0.943 bits per heavy atom. The molecule has 0 bridgehead atoms. The molecule has 182 valence electrons. The van der Waals surface area contributed by atoms with Gasteiger partial charge in [-0.2, -0.15) is 0 Å².